The molecule has 0 saturated heterocycles. The number of aromatic nitrogens is 3. The zero-order valence-corrected chi connectivity index (χ0v) is 10.7. The highest BCUT2D eigenvalue weighted by Crippen LogP contribution is 2.48. The Labute approximate surface area is 111 Å². The van der Waals surface area contributed by atoms with Gasteiger partial charge in [0.05, 0.1) is 6.20 Å². The van der Waals surface area contributed by atoms with Gasteiger partial charge in [-0.2, -0.15) is 4.98 Å². The lowest BCUT2D eigenvalue weighted by molar-refractivity contribution is 0.348. The number of rotatable bonds is 3. The van der Waals surface area contributed by atoms with Crippen molar-refractivity contribution in [2.45, 2.75) is 25.7 Å². The molecule has 0 amide bonds. The molecule has 4 nitrogen and oxygen atoms in total. The van der Waals surface area contributed by atoms with Gasteiger partial charge >= 0.3 is 0 Å². The second-order valence-corrected chi connectivity index (χ2v) is 5.90. The maximum Gasteiger partial charge on any atom is 0.243 e. The zero-order chi connectivity index (χ0) is 12.8. The van der Waals surface area contributed by atoms with Gasteiger partial charge in [0.25, 0.3) is 0 Å². The van der Waals surface area contributed by atoms with Crippen molar-refractivity contribution in [3.05, 3.63) is 24.1 Å². The van der Waals surface area contributed by atoms with Crippen LogP contribution in [-0.2, 0) is 0 Å². The Bertz CT molecular complexity index is 609. The second kappa shape index (κ2) is 4.18. The molecule has 2 saturated carbocycles. The van der Waals surface area contributed by atoms with E-state index in [-0.39, 0.29) is 5.82 Å². The van der Waals surface area contributed by atoms with Crippen molar-refractivity contribution >= 4 is 11.6 Å². The van der Waals surface area contributed by atoms with E-state index in [1.807, 2.05) is 0 Å². The Morgan fingerprint density at radius 3 is 3.05 bits per heavy atom. The number of pyridine rings is 1. The van der Waals surface area contributed by atoms with Crippen LogP contribution in [-0.4, -0.2) is 21.1 Å². The molecule has 1 N–H and O–H groups in total. The fourth-order valence-electron chi connectivity index (χ4n) is 3.78. The summed E-state index contributed by atoms with van der Waals surface area (Å²) in [5.74, 6) is 2.93. The highest BCUT2D eigenvalue weighted by Gasteiger charge is 2.39. The van der Waals surface area contributed by atoms with E-state index in [2.05, 4.69) is 15.4 Å². The number of fused-ring (bicyclic) bond motifs is 3. The van der Waals surface area contributed by atoms with Crippen molar-refractivity contribution < 1.29 is 4.39 Å². The van der Waals surface area contributed by atoms with E-state index in [0.717, 1.165) is 24.3 Å². The summed E-state index contributed by atoms with van der Waals surface area (Å²) >= 11 is 0. The normalized spacial score (nSPS) is 29.2. The van der Waals surface area contributed by atoms with Crippen LogP contribution >= 0.6 is 0 Å². The van der Waals surface area contributed by atoms with Crippen molar-refractivity contribution in [3.8, 4) is 0 Å². The Morgan fingerprint density at radius 2 is 2.26 bits per heavy atom. The minimum atomic E-state index is -0.294. The topological polar surface area (TPSA) is 42.2 Å². The van der Waals surface area contributed by atoms with E-state index in [4.69, 9.17) is 0 Å². The molecule has 2 aromatic heterocycles. The van der Waals surface area contributed by atoms with Crippen molar-refractivity contribution in [1.29, 1.82) is 0 Å². The van der Waals surface area contributed by atoms with E-state index < -0.39 is 0 Å². The summed E-state index contributed by atoms with van der Waals surface area (Å²) < 4.78 is 14.6. The first-order valence-electron chi connectivity index (χ1n) is 7.04. The van der Waals surface area contributed by atoms with Gasteiger partial charge in [0.2, 0.25) is 5.95 Å². The standard InChI is InChI=1S/C14H17FN4/c15-12-3-4-13-17-14(18-19(13)8-12)16-7-11-6-9-1-2-10(11)5-9/h3-4,8-11H,1-2,5-7H2,(H,16,18). The van der Waals surface area contributed by atoms with Gasteiger partial charge in [-0.05, 0) is 49.1 Å². The van der Waals surface area contributed by atoms with Crippen molar-refractivity contribution in [1.82, 2.24) is 14.6 Å². The van der Waals surface area contributed by atoms with E-state index in [0.29, 0.717) is 11.6 Å². The number of anilines is 1. The average Bonchev–Trinajstić information content (AvgIpc) is 3.09. The van der Waals surface area contributed by atoms with Gasteiger partial charge < -0.3 is 5.32 Å². The van der Waals surface area contributed by atoms with Gasteiger partial charge in [0, 0.05) is 6.54 Å². The van der Waals surface area contributed by atoms with Gasteiger partial charge in [0.15, 0.2) is 5.65 Å². The summed E-state index contributed by atoms with van der Waals surface area (Å²) in [7, 11) is 0. The SMILES string of the molecule is Fc1ccc2nc(NCC3CC4CCC3C4)nn2c1. The van der Waals surface area contributed by atoms with Crippen molar-refractivity contribution in [2.24, 2.45) is 17.8 Å². The number of nitrogens with zero attached hydrogens (tertiary/aromatic N) is 3. The third-order valence-electron chi connectivity index (χ3n) is 4.70. The molecule has 0 radical (unpaired) electrons. The first-order valence-corrected chi connectivity index (χ1v) is 7.04. The molecule has 2 bridgehead atoms. The van der Waals surface area contributed by atoms with Gasteiger partial charge in [-0.15, -0.1) is 5.10 Å². The van der Waals surface area contributed by atoms with Gasteiger partial charge in [0.1, 0.15) is 5.82 Å². The molecule has 2 fully saturated rings. The zero-order valence-electron chi connectivity index (χ0n) is 10.7. The lowest BCUT2D eigenvalue weighted by Gasteiger charge is -2.21. The first kappa shape index (κ1) is 11.2. The third kappa shape index (κ3) is 1.97. The monoisotopic (exact) mass is 260 g/mol. The molecule has 0 aromatic carbocycles. The van der Waals surface area contributed by atoms with E-state index in [1.54, 1.807) is 6.07 Å². The molecule has 2 aliphatic carbocycles. The van der Waals surface area contributed by atoms with Crippen molar-refractivity contribution in [3.63, 3.8) is 0 Å². The first-order chi connectivity index (χ1) is 9.28. The van der Waals surface area contributed by atoms with Crippen LogP contribution in [0.1, 0.15) is 25.7 Å². The predicted molar refractivity (Wildman–Crippen MR) is 70.4 cm³/mol. The van der Waals surface area contributed by atoms with Crippen LogP contribution in [0.25, 0.3) is 5.65 Å². The minimum absolute atomic E-state index is 0.294. The van der Waals surface area contributed by atoms with Crippen LogP contribution in [0.3, 0.4) is 0 Å². The molecule has 3 unspecified atom stereocenters. The molecule has 2 heterocycles. The maximum absolute atomic E-state index is 13.1. The molecule has 100 valence electrons. The Balaban J connectivity index is 1.46. The number of nitrogens with one attached hydrogen (secondary N) is 1. The number of hydrogen-bond donors (Lipinski definition) is 1. The largest absolute Gasteiger partial charge is 0.353 e. The van der Waals surface area contributed by atoms with Crippen LogP contribution in [0.5, 0.6) is 0 Å². The second-order valence-electron chi connectivity index (χ2n) is 5.90. The number of halogens is 1. The van der Waals surface area contributed by atoms with Crippen LogP contribution in [0.4, 0.5) is 10.3 Å². The van der Waals surface area contributed by atoms with Gasteiger partial charge in [-0.1, -0.05) is 6.42 Å². The smallest absolute Gasteiger partial charge is 0.243 e. The fraction of sp³-hybridized carbons (Fsp3) is 0.571. The summed E-state index contributed by atoms with van der Waals surface area (Å²) in [6, 6.07) is 3.05. The molecule has 3 atom stereocenters. The molecule has 19 heavy (non-hydrogen) atoms. The average molecular weight is 260 g/mol. The summed E-state index contributed by atoms with van der Waals surface area (Å²) in [6.07, 6.45) is 6.93. The Hall–Kier alpha value is -1.65. The van der Waals surface area contributed by atoms with E-state index in [9.17, 15) is 4.39 Å². The summed E-state index contributed by atoms with van der Waals surface area (Å²) in [6.45, 7) is 0.945. The molecule has 5 heteroatoms. The predicted octanol–water partition coefficient (Wildman–Crippen LogP) is 2.72. The molecule has 4 rings (SSSR count). The molecule has 0 aliphatic heterocycles. The molecule has 2 aliphatic rings. The Kier molecular flexibility index (Phi) is 2.47. The van der Waals surface area contributed by atoms with Gasteiger partial charge in [-0.25, -0.2) is 8.91 Å². The number of hydrogen-bond acceptors (Lipinski definition) is 3. The molecular formula is C14H17FN4. The van der Waals surface area contributed by atoms with Crippen LogP contribution in [0.15, 0.2) is 18.3 Å². The van der Waals surface area contributed by atoms with E-state index in [1.165, 1.54) is 42.5 Å². The fourth-order valence-corrected chi connectivity index (χ4v) is 3.78. The molecule has 2 aromatic rings. The summed E-state index contributed by atoms with van der Waals surface area (Å²) in [5.41, 5.74) is 0.678. The lowest BCUT2D eigenvalue weighted by Crippen LogP contribution is -2.20. The maximum atomic E-state index is 13.1. The van der Waals surface area contributed by atoms with Crippen LogP contribution < -0.4 is 5.32 Å². The molecular weight excluding hydrogens is 243 g/mol. The third-order valence-corrected chi connectivity index (χ3v) is 4.70. The summed E-state index contributed by atoms with van der Waals surface area (Å²) in [5, 5.41) is 7.57. The lowest BCUT2D eigenvalue weighted by atomic mass is 9.89. The summed E-state index contributed by atoms with van der Waals surface area (Å²) in [4.78, 5) is 4.35. The van der Waals surface area contributed by atoms with Crippen LogP contribution in [0, 0.1) is 23.6 Å². The van der Waals surface area contributed by atoms with Crippen LogP contribution in [0.2, 0.25) is 0 Å². The Morgan fingerprint density at radius 1 is 1.32 bits per heavy atom. The van der Waals surface area contributed by atoms with Gasteiger partial charge in [-0.3, -0.25) is 0 Å². The highest BCUT2D eigenvalue weighted by atomic mass is 19.1. The van der Waals surface area contributed by atoms with E-state index >= 15 is 0 Å². The molecule has 0 spiro atoms. The van der Waals surface area contributed by atoms with Crippen molar-refractivity contribution in [2.75, 3.05) is 11.9 Å². The highest BCUT2D eigenvalue weighted by molar-refractivity contribution is 5.43. The quantitative estimate of drug-likeness (QED) is 0.922. The minimum Gasteiger partial charge on any atom is -0.353 e.